The van der Waals surface area contributed by atoms with Gasteiger partial charge in [-0.25, -0.2) is 0 Å². The second-order valence-electron chi connectivity index (χ2n) is 3.39. The van der Waals surface area contributed by atoms with Gasteiger partial charge in [-0.3, -0.25) is 10.1 Å². The van der Waals surface area contributed by atoms with Crippen LogP contribution in [0, 0.1) is 10.1 Å². The monoisotopic (exact) mass is 233 g/mol. The number of epoxide rings is 1. The summed E-state index contributed by atoms with van der Waals surface area (Å²) in [4.78, 5) is 9.63. The Balaban J connectivity index is 2.48. The van der Waals surface area contributed by atoms with Crippen LogP contribution in [0.3, 0.4) is 0 Å². The molecule has 16 heavy (non-hydrogen) atoms. The molecule has 0 bridgehead atoms. The third-order valence-corrected chi connectivity index (χ3v) is 2.18. The Hall–Kier alpha value is -1.63. The minimum atomic E-state index is -4.59. The van der Waals surface area contributed by atoms with Crippen molar-refractivity contribution in [2.45, 2.75) is 12.3 Å². The number of rotatable bonds is 2. The van der Waals surface area contributed by atoms with Crippen molar-refractivity contribution in [2.24, 2.45) is 0 Å². The second kappa shape index (κ2) is 3.44. The number of non-ortho nitro benzene ring substituents is 1. The van der Waals surface area contributed by atoms with Crippen LogP contribution >= 0.6 is 0 Å². The van der Waals surface area contributed by atoms with Crippen molar-refractivity contribution in [1.82, 2.24) is 0 Å². The SMILES string of the molecule is O=[N+]([O-])c1cc([C@@H]2CO2)cc(C(F)(F)F)c1. The summed E-state index contributed by atoms with van der Waals surface area (Å²) >= 11 is 0. The third-order valence-electron chi connectivity index (χ3n) is 2.18. The van der Waals surface area contributed by atoms with Crippen LogP contribution in [0.2, 0.25) is 0 Å². The summed E-state index contributed by atoms with van der Waals surface area (Å²) in [5.41, 5.74) is -1.39. The third kappa shape index (κ3) is 2.13. The van der Waals surface area contributed by atoms with Gasteiger partial charge in [0.05, 0.1) is 17.1 Å². The Morgan fingerprint density at radius 2 is 2.00 bits per heavy atom. The van der Waals surface area contributed by atoms with Gasteiger partial charge >= 0.3 is 6.18 Å². The van der Waals surface area contributed by atoms with Crippen molar-refractivity contribution in [3.63, 3.8) is 0 Å². The molecule has 1 aromatic carbocycles. The van der Waals surface area contributed by atoms with Crippen LogP contribution in [0.1, 0.15) is 17.2 Å². The minimum Gasteiger partial charge on any atom is -0.368 e. The zero-order valence-corrected chi connectivity index (χ0v) is 7.82. The highest BCUT2D eigenvalue weighted by Crippen LogP contribution is 2.37. The van der Waals surface area contributed by atoms with E-state index in [4.69, 9.17) is 4.74 Å². The Kier molecular flexibility index (Phi) is 2.34. The van der Waals surface area contributed by atoms with Crippen LogP contribution in [-0.2, 0) is 10.9 Å². The highest BCUT2D eigenvalue weighted by atomic mass is 19.4. The molecule has 1 aromatic rings. The molecule has 0 amide bonds. The van der Waals surface area contributed by atoms with Crippen molar-refractivity contribution in [3.05, 3.63) is 39.4 Å². The summed E-state index contributed by atoms with van der Waals surface area (Å²) in [5, 5.41) is 10.5. The van der Waals surface area contributed by atoms with E-state index in [0.717, 1.165) is 12.1 Å². The van der Waals surface area contributed by atoms with Gasteiger partial charge in [-0.1, -0.05) is 0 Å². The first-order chi connectivity index (χ1) is 7.38. The van der Waals surface area contributed by atoms with E-state index >= 15 is 0 Å². The van der Waals surface area contributed by atoms with Gasteiger partial charge in [-0.2, -0.15) is 13.2 Å². The summed E-state index contributed by atoms with van der Waals surface area (Å²) < 4.78 is 42.1. The van der Waals surface area contributed by atoms with Crippen molar-refractivity contribution < 1.29 is 22.8 Å². The lowest BCUT2D eigenvalue weighted by Gasteiger charge is -2.07. The average molecular weight is 233 g/mol. The maximum absolute atomic E-state index is 12.4. The fraction of sp³-hybridized carbons (Fsp3) is 0.333. The molecule has 1 saturated heterocycles. The van der Waals surface area contributed by atoms with Crippen LogP contribution in [0.5, 0.6) is 0 Å². The molecule has 2 rings (SSSR count). The number of nitrogens with zero attached hydrogens (tertiary/aromatic N) is 1. The first kappa shape index (κ1) is 10.9. The number of ether oxygens (including phenoxy) is 1. The molecule has 7 heteroatoms. The molecule has 1 heterocycles. The van der Waals surface area contributed by atoms with Crippen LogP contribution in [0.25, 0.3) is 0 Å². The zero-order valence-electron chi connectivity index (χ0n) is 7.82. The molecule has 86 valence electrons. The van der Waals surface area contributed by atoms with Gasteiger partial charge in [0.2, 0.25) is 0 Å². The molecule has 1 atom stereocenters. The van der Waals surface area contributed by atoms with Gasteiger partial charge in [-0.15, -0.1) is 0 Å². The molecule has 0 N–H and O–H groups in total. The van der Waals surface area contributed by atoms with Gasteiger partial charge in [0.15, 0.2) is 0 Å². The molecule has 1 aliphatic heterocycles. The first-order valence-electron chi connectivity index (χ1n) is 4.36. The second-order valence-corrected chi connectivity index (χ2v) is 3.39. The van der Waals surface area contributed by atoms with Gasteiger partial charge in [0.25, 0.3) is 5.69 Å². The van der Waals surface area contributed by atoms with Crippen LogP contribution < -0.4 is 0 Å². The van der Waals surface area contributed by atoms with Gasteiger partial charge < -0.3 is 4.74 Å². The molecular formula is C9H6F3NO3. The minimum absolute atomic E-state index is 0.196. The lowest BCUT2D eigenvalue weighted by Crippen LogP contribution is -2.06. The topological polar surface area (TPSA) is 55.7 Å². The summed E-state index contributed by atoms with van der Waals surface area (Å²) in [6.07, 6.45) is -5.03. The van der Waals surface area contributed by atoms with Gasteiger partial charge in [0.1, 0.15) is 6.10 Å². The van der Waals surface area contributed by atoms with E-state index in [0.29, 0.717) is 12.7 Å². The molecule has 0 spiro atoms. The quantitative estimate of drug-likeness (QED) is 0.448. The number of benzene rings is 1. The van der Waals surface area contributed by atoms with E-state index in [-0.39, 0.29) is 5.56 Å². The van der Waals surface area contributed by atoms with Gasteiger partial charge in [0, 0.05) is 12.1 Å². The lowest BCUT2D eigenvalue weighted by molar-refractivity contribution is -0.385. The van der Waals surface area contributed by atoms with Crippen LogP contribution in [0.4, 0.5) is 18.9 Å². The van der Waals surface area contributed by atoms with E-state index in [2.05, 4.69) is 0 Å². The van der Waals surface area contributed by atoms with E-state index in [9.17, 15) is 23.3 Å². The Labute approximate surface area is 87.8 Å². The number of hydrogen-bond acceptors (Lipinski definition) is 3. The molecule has 0 aliphatic carbocycles. The average Bonchev–Trinajstić information content (AvgIpc) is 2.98. The first-order valence-corrected chi connectivity index (χ1v) is 4.36. The number of nitro groups is 1. The molecular weight excluding hydrogens is 227 g/mol. The Morgan fingerprint density at radius 1 is 1.38 bits per heavy atom. The smallest absolute Gasteiger partial charge is 0.368 e. The maximum Gasteiger partial charge on any atom is 0.416 e. The van der Waals surface area contributed by atoms with Crippen LogP contribution in [0.15, 0.2) is 18.2 Å². The zero-order chi connectivity index (χ0) is 11.9. The Bertz CT molecular complexity index is 440. The van der Waals surface area contributed by atoms with E-state index < -0.39 is 28.5 Å². The molecule has 0 unspecified atom stereocenters. The standard InChI is InChI=1S/C9H6F3NO3/c10-9(11,12)6-1-5(8-4-16-8)2-7(3-6)13(14)15/h1-3,8H,4H2/t8-/m0/s1. The molecule has 1 fully saturated rings. The highest BCUT2D eigenvalue weighted by molar-refractivity contribution is 5.42. The summed E-state index contributed by atoms with van der Waals surface area (Å²) in [7, 11) is 0. The number of nitro benzene ring substituents is 1. The van der Waals surface area contributed by atoms with Gasteiger partial charge in [-0.05, 0) is 11.6 Å². The molecule has 1 aliphatic rings. The maximum atomic E-state index is 12.4. The number of hydrogen-bond donors (Lipinski definition) is 0. The number of halogens is 3. The fourth-order valence-electron chi connectivity index (χ4n) is 1.33. The summed E-state index contributed by atoms with van der Waals surface area (Å²) in [6, 6.07) is 2.50. The van der Waals surface area contributed by atoms with Crippen molar-refractivity contribution >= 4 is 5.69 Å². The van der Waals surface area contributed by atoms with Crippen molar-refractivity contribution in [3.8, 4) is 0 Å². The van der Waals surface area contributed by atoms with E-state index in [1.54, 1.807) is 0 Å². The van der Waals surface area contributed by atoms with E-state index in [1.807, 2.05) is 0 Å². The molecule has 4 nitrogen and oxygen atoms in total. The normalized spacial score (nSPS) is 19.6. The summed E-state index contributed by atoms with van der Waals surface area (Å²) in [6.45, 7) is 0.304. The van der Waals surface area contributed by atoms with Crippen LogP contribution in [-0.4, -0.2) is 11.5 Å². The largest absolute Gasteiger partial charge is 0.416 e. The lowest BCUT2D eigenvalue weighted by atomic mass is 10.1. The van der Waals surface area contributed by atoms with Crippen molar-refractivity contribution in [2.75, 3.05) is 6.61 Å². The van der Waals surface area contributed by atoms with Crippen molar-refractivity contribution in [1.29, 1.82) is 0 Å². The predicted octanol–water partition coefficient (Wildman–Crippen LogP) is 2.68. The molecule has 0 saturated carbocycles. The molecule has 0 radical (unpaired) electrons. The Morgan fingerprint density at radius 3 is 2.44 bits per heavy atom. The van der Waals surface area contributed by atoms with E-state index in [1.165, 1.54) is 0 Å². The number of alkyl halides is 3. The fourth-order valence-corrected chi connectivity index (χ4v) is 1.33. The predicted molar refractivity (Wildman–Crippen MR) is 46.8 cm³/mol. The molecule has 0 aromatic heterocycles. The summed E-state index contributed by atoms with van der Waals surface area (Å²) in [5.74, 6) is 0. The highest BCUT2D eigenvalue weighted by Gasteiger charge is 2.35.